The Bertz CT molecular complexity index is 816. The Labute approximate surface area is 156 Å². The minimum atomic E-state index is -1.41. The van der Waals surface area contributed by atoms with Gasteiger partial charge in [0.1, 0.15) is 16.9 Å². The highest BCUT2D eigenvalue weighted by Crippen LogP contribution is 2.31. The van der Waals surface area contributed by atoms with Gasteiger partial charge < -0.3 is 9.84 Å². The summed E-state index contributed by atoms with van der Waals surface area (Å²) in [4.78, 5) is 22.8. The van der Waals surface area contributed by atoms with Crippen molar-refractivity contribution in [3.8, 4) is 0 Å². The lowest BCUT2D eigenvalue weighted by Crippen LogP contribution is -2.20. The van der Waals surface area contributed by atoms with E-state index in [1.54, 1.807) is 12.1 Å². The van der Waals surface area contributed by atoms with Gasteiger partial charge in [-0.15, -0.1) is 10.2 Å². The van der Waals surface area contributed by atoms with Crippen molar-refractivity contribution in [3.63, 3.8) is 0 Å². The van der Waals surface area contributed by atoms with Gasteiger partial charge in [0.25, 0.3) is 0 Å². The number of nitrogens with zero attached hydrogens (tertiary/aromatic N) is 2. The Hall–Kier alpha value is -2.17. The summed E-state index contributed by atoms with van der Waals surface area (Å²) in [6.07, 6.45) is 1.83. The summed E-state index contributed by atoms with van der Waals surface area (Å²) in [5.41, 5.74) is 0.869. The second-order valence-corrected chi connectivity index (χ2v) is 8.19. The quantitative estimate of drug-likeness (QED) is 0.736. The lowest BCUT2D eigenvalue weighted by molar-refractivity contribution is -0.113. The third kappa shape index (κ3) is 4.93. The zero-order chi connectivity index (χ0) is 18.5. The van der Waals surface area contributed by atoms with Crippen LogP contribution in [0, 0.1) is 0 Å². The van der Waals surface area contributed by atoms with E-state index in [0.717, 1.165) is 17.8 Å². The normalized spacial score (nSPS) is 17.8. The van der Waals surface area contributed by atoms with E-state index in [2.05, 4.69) is 15.5 Å². The van der Waals surface area contributed by atoms with Gasteiger partial charge in [0.05, 0.1) is 5.56 Å². The van der Waals surface area contributed by atoms with Crippen LogP contribution in [0.4, 0.5) is 5.13 Å². The van der Waals surface area contributed by atoms with Crippen LogP contribution in [0.5, 0.6) is 0 Å². The number of carbonyl (C=O) groups is 2. The van der Waals surface area contributed by atoms with Crippen molar-refractivity contribution in [3.05, 3.63) is 40.4 Å². The predicted molar refractivity (Wildman–Crippen MR) is 96.6 cm³/mol. The summed E-state index contributed by atoms with van der Waals surface area (Å²) in [6, 6.07) is 6.08. The monoisotopic (exact) mass is 395 g/mol. The van der Waals surface area contributed by atoms with Crippen molar-refractivity contribution in [1.82, 2.24) is 10.2 Å². The van der Waals surface area contributed by atoms with E-state index in [1.165, 1.54) is 23.5 Å². The fourth-order valence-electron chi connectivity index (χ4n) is 2.47. The van der Waals surface area contributed by atoms with Crippen LogP contribution in [0.15, 0.2) is 24.3 Å². The van der Waals surface area contributed by atoms with Crippen molar-refractivity contribution in [2.45, 2.75) is 24.7 Å². The highest BCUT2D eigenvalue weighted by molar-refractivity contribution is 7.84. The maximum atomic E-state index is 12.1. The third-order valence-corrected chi connectivity index (χ3v) is 5.88. The fraction of sp³-hybridized carbons (Fsp3) is 0.375. The number of nitrogens with one attached hydrogen (secondary N) is 1. The van der Waals surface area contributed by atoms with Crippen LogP contribution < -0.4 is 5.32 Å². The molecule has 2 N–H and O–H groups in total. The van der Waals surface area contributed by atoms with E-state index < -0.39 is 22.7 Å². The van der Waals surface area contributed by atoms with Gasteiger partial charge in [-0.3, -0.25) is 14.3 Å². The minimum absolute atomic E-state index is 0.0546. The van der Waals surface area contributed by atoms with Crippen LogP contribution in [-0.2, 0) is 26.1 Å². The molecule has 0 spiro atoms. The average Bonchev–Trinajstić information content (AvgIpc) is 3.26. The SMILES string of the molecule is O=C(CS(=O)Cc1ccc(C(=O)O)cc1)Nc1nnc(C2CCCO2)s1. The lowest BCUT2D eigenvalue weighted by Gasteiger charge is -2.04. The topological polar surface area (TPSA) is 118 Å². The summed E-state index contributed by atoms with van der Waals surface area (Å²) in [6.45, 7) is 0.707. The molecule has 0 bridgehead atoms. The number of hydrogen-bond donors (Lipinski definition) is 2. The number of aromatic carboxylic acids is 1. The van der Waals surface area contributed by atoms with E-state index in [-0.39, 0.29) is 23.2 Å². The molecule has 8 nitrogen and oxygen atoms in total. The van der Waals surface area contributed by atoms with Crippen molar-refractivity contribution in [1.29, 1.82) is 0 Å². The van der Waals surface area contributed by atoms with Crippen molar-refractivity contribution >= 4 is 39.1 Å². The average molecular weight is 395 g/mol. The van der Waals surface area contributed by atoms with Gasteiger partial charge in [-0.05, 0) is 30.5 Å². The standard InChI is InChI=1S/C16H17N3O5S2/c20-13(17-16-19-18-14(25-16)12-2-1-7-24-12)9-26(23)8-10-3-5-11(6-4-10)15(21)22/h3-6,12H,1-2,7-9H2,(H,21,22)(H,17,19,20). The van der Waals surface area contributed by atoms with Crippen molar-refractivity contribution in [2.75, 3.05) is 17.7 Å². The Morgan fingerprint density at radius 3 is 2.73 bits per heavy atom. The van der Waals surface area contributed by atoms with Crippen LogP contribution in [-0.4, -0.2) is 43.7 Å². The molecular weight excluding hydrogens is 378 g/mol. The second-order valence-electron chi connectivity index (χ2n) is 5.73. The highest BCUT2D eigenvalue weighted by Gasteiger charge is 2.22. The molecule has 1 aliphatic heterocycles. The first-order valence-corrected chi connectivity index (χ1v) is 10.2. The van der Waals surface area contributed by atoms with Crippen LogP contribution >= 0.6 is 11.3 Å². The zero-order valence-electron chi connectivity index (χ0n) is 13.7. The zero-order valence-corrected chi connectivity index (χ0v) is 15.3. The van der Waals surface area contributed by atoms with Gasteiger partial charge in [-0.2, -0.15) is 0 Å². The summed E-state index contributed by atoms with van der Waals surface area (Å²) in [5.74, 6) is -1.42. The molecule has 1 fully saturated rings. The lowest BCUT2D eigenvalue weighted by atomic mass is 10.1. The van der Waals surface area contributed by atoms with Crippen molar-refractivity contribution < 1.29 is 23.6 Å². The molecule has 1 aliphatic rings. The molecule has 3 rings (SSSR count). The minimum Gasteiger partial charge on any atom is -0.478 e. The smallest absolute Gasteiger partial charge is 0.335 e. The van der Waals surface area contributed by atoms with Crippen molar-refractivity contribution in [2.24, 2.45) is 0 Å². The van der Waals surface area contributed by atoms with Crippen LogP contribution in [0.25, 0.3) is 0 Å². The molecule has 1 aromatic carbocycles. The van der Waals surface area contributed by atoms with Gasteiger partial charge in [0, 0.05) is 23.2 Å². The summed E-state index contributed by atoms with van der Waals surface area (Å²) in [7, 11) is -1.41. The van der Waals surface area contributed by atoms with Crippen LogP contribution in [0.2, 0.25) is 0 Å². The molecule has 0 radical (unpaired) electrons. The van der Waals surface area contributed by atoms with Gasteiger partial charge in [-0.25, -0.2) is 4.79 Å². The summed E-state index contributed by atoms with van der Waals surface area (Å²) >= 11 is 1.26. The first-order valence-electron chi connectivity index (χ1n) is 7.93. The molecule has 0 saturated carbocycles. The summed E-state index contributed by atoms with van der Waals surface area (Å²) < 4.78 is 17.6. The number of carboxylic acids is 1. The first-order chi connectivity index (χ1) is 12.5. The van der Waals surface area contributed by atoms with Gasteiger partial charge in [0.15, 0.2) is 0 Å². The Kier molecular flexibility index (Phi) is 6.07. The molecule has 10 heteroatoms. The Morgan fingerprint density at radius 2 is 2.08 bits per heavy atom. The van der Waals surface area contributed by atoms with Crippen LogP contribution in [0.3, 0.4) is 0 Å². The number of carbonyl (C=O) groups excluding carboxylic acids is 1. The van der Waals surface area contributed by atoms with E-state index in [4.69, 9.17) is 9.84 Å². The Morgan fingerprint density at radius 1 is 1.31 bits per heavy atom. The highest BCUT2D eigenvalue weighted by atomic mass is 32.2. The molecule has 2 heterocycles. The fourth-order valence-corrected chi connectivity index (χ4v) is 4.34. The molecule has 1 saturated heterocycles. The Balaban J connectivity index is 1.49. The van der Waals surface area contributed by atoms with Crippen LogP contribution in [0.1, 0.15) is 39.9 Å². The molecular formula is C16H17N3O5S2. The van der Waals surface area contributed by atoms with E-state index in [1.807, 2.05) is 0 Å². The van der Waals surface area contributed by atoms with E-state index >= 15 is 0 Å². The molecule has 2 aromatic rings. The molecule has 26 heavy (non-hydrogen) atoms. The summed E-state index contributed by atoms with van der Waals surface area (Å²) in [5, 5.41) is 20.5. The largest absolute Gasteiger partial charge is 0.478 e. The maximum absolute atomic E-state index is 12.1. The number of amides is 1. The first kappa shape index (κ1) is 18.6. The number of ether oxygens (including phenoxy) is 1. The molecule has 1 aromatic heterocycles. The number of benzene rings is 1. The molecule has 138 valence electrons. The van der Waals surface area contributed by atoms with Gasteiger partial charge >= 0.3 is 5.97 Å². The van der Waals surface area contributed by atoms with Gasteiger partial charge in [0.2, 0.25) is 11.0 Å². The number of carboxylic acid groups (broad SMARTS) is 1. The third-order valence-electron chi connectivity index (χ3n) is 3.71. The van der Waals surface area contributed by atoms with Gasteiger partial charge in [-0.1, -0.05) is 23.5 Å². The predicted octanol–water partition coefficient (Wildman–Crippen LogP) is 1.98. The van der Waals surface area contributed by atoms with E-state index in [0.29, 0.717) is 17.3 Å². The molecule has 2 unspecified atom stereocenters. The second kappa shape index (κ2) is 8.47. The molecule has 1 amide bonds. The number of aromatic nitrogens is 2. The van der Waals surface area contributed by atoms with E-state index in [9.17, 15) is 13.8 Å². The number of hydrogen-bond acceptors (Lipinski definition) is 7. The number of rotatable bonds is 7. The maximum Gasteiger partial charge on any atom is 0.335 e. The molecule has 0 aliphatic carbocycles. The number of anilines is 1. The molecule has 2 atom stereocenters.